The van der Waals surface area contributed by atoms with Crippen LogP contribution in [0.5, 0.6) is 0 Å². The Morgan fingerprint density at radius 2 is 2.15 bits per heavy atom. The fourth-order valence-corrected chi connectivity index (χ4v) is 2.53. The number of carbonyl (C=O) groups is 1. The molecule has 20 heavy (non-hydrogen) atoms. The number of anilines is 1. The second kappa shape index (κ2) is 6.36. The van der Waals surface area contributed by atoms with Gasteiger partial charge in [-0.25, -0.2) is 13.1 Å². The molecule has 1 aromatic carbocycles. The Labute approximate surface area is 118 Å². The van der Waals surface area contributed by atoms with Crippen LogP contribution >= 0.6 is 0 Å². The lowest BCUT2D eigenvalue weighted by Gasteiger charge is -2.15. The highest BCUT2D eigenvalue weighted by Gasteiger charge is 2.20. The zero-order valence-corrected chi connectivity index (χ0v) is 12.1. The summed E-state index contributed by atoms with van der Waals surface area (Å²) in [4.78, 5) is 12.8. The first-order valence-electron chi connectivity index (χ1n) is 5.85. The molecule has 0 spiro atoms. The number of amides is 1. The lowest BCUT2D eigenvalue weighted by molar-refractivity contribution is -0.128. The predicted octanol–water partition coefficient (Wildman–Crippen LogP) is -0.103. The summed E-state index contributed by atoms with van der Waals surface area (Å²) in [5.74, 6) is -0.356. The molecule has 7 nitrogen and oxygen atoms in total. The minimum absolute atomic E-state index is 0.0613. The van der Waals surface area contributed by atoms with Crippen LogP contribution in [0.2, 0.25) is 0 Å². The van der Waals surface area contributed by atoms with Crippen molar-refractivity contribution in [3.05, 3.63) is 23.8 Å². The maximum atomic E-state index is 12.1. The number of nitrogens with zero attached hydrogens (tertiary/aromatic N) is 2. The van der Waals surface area contributed by atoms with Crippen molar-refractivity contribution >= 4 is 21.6 Å². The summed E-state index contributed by atoms with van der Waals surface area (Å²) in [6.45, 7) is 1.90. The molecule has 0 aromatic heterocycles. The van der Waals surface area contributed by atoms with Crippen molar-refractivity contribution in [3.8, 4) is 6.07 Å². The van der Waals surface area contributed by atoms with Crippen LogP contribution in [0.1, 0.15) is 12.5 Å². The molecule has 0 aliphatic rings. The van der Waals surface area contributed by atoms with E-state index in [1.807, 2.05) is 0 Å². The lowest BCUT2D eigenvalue weighted by Crippen LogP contribution is -2.38. The van der Waals surface area contributed by atoms with Gasteiger partial charge in [0.1, 0.15) is 6.07 Å². The van der Waals surface area contributed by atoms with Crippen molar-refractivity contribution in [2.45, 2.75) is 11.8 Å². The van der Waals surface area contributed by atoms with E-state index in [1.165, 1.54) is 23.1 Å². The Hall–Kier alpha value is -2.11. The molecule has 0 aliphatic carbocycles. The molecule has 108 valence electrons. The van der Waals surface area contributed by atoms with Gasteiger partial charge in [-0.3, -0.25) is 4.79 Å². The summed E-state index contributed by atoms with van der Waals surface area (Å²) in [6.07, 6.45) is 0. The van der Waals surface area contributed by atoms with Crippen LogP contribution in [0.25, 0.3) is 0 Å². The maximum Gasteiger partial charge on any atom is 0.242 e. The van der Waals surface area contributed by atoms with Gasteiger partial charge in [0.25, 0.3) is 0 Å². The Balaban J connectivity index is 2.96. The molecule has 0 radical (unpaired) electrons. The van der Waals surface area contributed by atoms with Gasteiger partial charge in [-0.05, 0) is 25.1 Å². The van der Waals surface area contributed by atoms with Crippen molar-refractivity contribution in [3.63, 3.8) is 0 Å². The van der Waals surface area contributed by atoms with Crippen LogP contribution in [0.4, 0.5) is 5.69 Å². The third-order valence-corrected chi connectivity index (χ3v) is 4.19. The summed E-state index contributed by atoms with van der Waals surface area (Å²) in [7, 11) is -2.36. The Morgan fingerprint density at radius 1 is 1.50 bits per heavy atom. The highest BCUT2D eigenvalue weighted by Crippen LogP contribution is 2.17. The van der Waals surface area contributed by atoms with Crippen LogP contribution in [-0.4, -0.2) is 39.4 Å². The number of benzene rings is 1. The number of hydrogen-bond acceptors (Lipinski definition) is 5. The molecule has 0 atom stereocenters. The quantitative estimate of drug-likeness (QED) is 0.736. The largest absolute Gasteiger partial charge is 0.399 e. The Bertz CT molecular complexity index is 649. The van der Waals surface area contributed by atoms with Gasteiger partial charge < -0.3 is 10.6 Å². The molecule has 0 bridgehead atoms. The standard InChI is InChI=1S/C12H16N4O3S/c1-3-16(2)12(17)8-15-20(18,19)11-5-4-10(14)6-9(11)7-13/h4-6,15H,3,8,14H2,1-2H3. The van der Waals surface area contributed by atoms with E-state index in [0.717, 1.165) is 0 Å². The fourth-order valence-electron chi connectivity index (χ4n) is 1.42. The molecular weight excluding hydrogens is 280 g/mol. The summed E-state index contributed by atoms with van der Waals surface area (Å²) in [6, 6.07) is 5.67. The third kappa shape index (κ3) is 3.69. The van der Waals surface area contributed by atoms with Crippen LogP contribution in [0.15, 0.2) is 23.1 Å². The molecule has 1 amide bonds. The van der Waals surface area contributed by atoms with Gasteiger partial charge in [-0.2, -0.15) is 5.26 Å². The lowest BCUT2D eigenvalue weighted by atomic mass is 10.2. The van der Waals surface area contributed by atoms with Gasteiger partial charge in [0.15, 0.2) is 0 Å². The van der Waals surface area contributed by atoms with Crippen LogP contribution in [0, 0.1) is 11.3 Å². The van der Waals surface area contributed by atoms with Crippen molar-refractivity contribution in [1.82, 2.24) is 9.62 Å². The number of carbonyl (C=O) groups excluding carboxylic acids is 1. The zero-order valence-electron chi connectivity index (χ0n) is 11.3. The van der Waals surface area contributed by atoms with Gasteiger partial charge in [-0.15, -0.1) is 0 Å². The molecule has 0 fully saturated rings. The van der Waals surface area contributed by atoms with Crippen molar-refractivity contribution < 1.29 is 13.2 Å². The number of hydrogen-bond donors (Lipinski definition) is 2. The highest BCUT2D eigenvalue weighted by molar-refractivity contribution is 7.89. The van der Waals surface area contributed by atoms with Gasteiger partial charge in [0.05, 0.1) is 17.0 Å². The third-order valence-electron chi connectivity index (χ3n) is 2.73. The fraction of sp³-hybridized carbons (Fsp3) is 0.333. The van der Waals surface area contributed by atoms with Gasteiger partial charge >= 0.3 is 0 Å². The number of nitrogens with two attached hydrogens (primary N) is 1. The number of nitrogen functional groups attached to an aromatic ring is 1. The molecule has 0 aliphatic heterocycles. The summed E-state index contributed by atoms with van der Waals surface area (Å²) >= 11 is 0. The minimum atomic E-state index is -3.93. The van der Waals surface area contributed by atoms with Gasteiger partial charge in [0.2, 0.25) is 15.9 Å². The van der Waals surface area contributed by atoms with E-state index in [9.17, 15) is 13.2 Å². The molecular formula is C12H16N4O3S. The number of nitriles is 1. The molecule has 0 saturated carbocycles. The highest BCUT2D eigenvalue weighted by atomic mass is 32.2. The normalized spacial score (nSPS) is 10.8. The Morgan fingerprint density at radius 3 is 2.70 bits per heavy atom. The van der Waals surface area contributed by atoms with E-state index in [4.69, 9.17) is 11.0 Å². The first-order chi connectivity index (χ1) is 9.31. The monoisotopic (exact) mass is 296 g/mol. The smallest absolute Gasteiger partial charge is 0.242 e. The van der Waals surface area contributed by atoms with Crippen molar-refractivity contribution in [1.29, 1.82) is 5.26 Å². The average Bonchev–Trinajstić information content (AvgIpc) is 2.43. The number of likely N-dealkylation sites (N-methyl/N-ethyl adjacent to an activating group) is 1. The van der Waals surface area contributed by atoms with Crippen LogP contribution in [-0.2, 0) is 14.8 Å². The van der Waals surface area contributed by atoms with Gasteiger partial charge in [0, 0.05) is 19.3 Å². The molecule has 0 saturated heterocycles. The first-order valence-corrected chi connectivity index (χ1v) is 7.33. The van der Waals surface area contributed by atoms with Crippen molar-refractivity contribution in [2.75, 3.05) is 25.9 Å². The summed E-state index contributed by atoms with van der Waals surface area (Å²) < 4.78 is 26.3. The summed E-state index contributed by atoms with van der Waals surface area (Å²) in [5.41, 5.74) is 5.73. The maximum absolute atomic E-state index is 12.1. The number of nitrogens with one attached hydrogen (secondary N) is 1. The number of sulfonamides is 1. The second-order valence-corrected chi connectivity index (χ2v) is 5.84. The molecule has 1 aromatic rings. The molecule has 8 heteroatoms. The molecule has 0 unspecified atom stereocenters. The number of rotatable bonds is 5. The first kappa shape index (κ1) is 15.9. The molecule has 3 N–H and O–H groups in total. The van der Waals surface area contributed by atoms with E-state index in [1.54, 1.807) is 20.0 Å². The SMILES string of the molecule is CCN(C)C(=O)CNS(=O)(=O)c1ccc(N)cc1C#N. The molecule has 1 rings (SSSR count). The van der Waals surface area contributed by atoms with Gasteiger partial charge in [-0.1, -0.05) is 0 Å². The Kier molecular flexibility index (Phi) is 5.07. The van der Waals surface area contributed by atoms with E-state index in [0.29, 0.717) is 12.2 Å². The van der Waals surface area contributed by atoms with E-state index in [2.05, 4.69) is 4.72 Å². The van der Waals surface area contributed by atoms with E-state index in [-0.39, 0.29) is 22.9 Å². The zero-order chi connectivity index (χ0) is 15.3. The summed E-state index contributed by atoms with van der Waals surface area (Å²) in [5, 5.41) is 8.94. The minimum Gasteiger partial charge on any atom is -0.399 e. The molecule has 0 heterocycles. The second-order valence-electron chi connectivity index (χ2n) is 4.10. The predicted molar refractivity (Wildman–Crippen MR) is 74.1 cm³/mol. The average molecular weight is 296 g/mol. The topological polar surface area (TPSA) is 116 Å². The van der Waals surface area contributed by atoms with Crippen molar-refractivity contribution in [2.24, 2.45) is 0 Å². The van der Waals surface area contributed by atoms with E-state index < -0.39 is 10.0 Å². The van der Waals surface area contributed by atoms with E-state index >= 15 is 0 Å². The van der Waals surface area contributed by atoms with Crippen LogP contribution < -0.4 is 10.5 Å². The van der Waals surface area contributed by atoms with Crippen LogP contribution in [0.3, 0.4) is 0 Å².